The Morgan fingerprint density at radius 1 is 1.54 bits per heavy atom. The van der Waals surface area contributed by atoms with Crippen molar-refractivity contribution in [3.63, 3.8) is 0 Å². The molecule has 0 radical (unpaired) electrons. The molecular formula is C8H19ClN2O2. The molecule has 0 bridgehead atoms. The molecule has 4 nitrogen and oxygen atoms in total. The van der Waals surface area contributed by atoms with E-state index in [4.69, 9.17) is 4.74 Å². The summed E-state index contributed by atoms with van der Waals surface area (Å²) in [7, 11) is 5.34. The number of nitrogens with zero attached hydrogens (tertiary/aromatic N) is 1. The maximum atomic E-state index is 10.4. The van der Waals surface area contributed by atoms with Crippen LogP contribution in [0.4, 0.5) is 0 Å². The molecule has 0 saturated carbocycles. The molecule has 0 aromatic rings. The number of hydrogen-bond donors (Lipinski definition) is 1. The Balaban J connectivity index is -0.000000309. The van der Waals surface area contributed by atoms with E-state index in [0.717, 1.165) is 12.6 Å². The lowest BCUT2D eigenvalue weighted by molar-refractivity contribution is -0.137. The topological polar surface area (TPSA) is 55.6 Å². The van der Waals surface area contributed by atoms with Gasteiger partial charge in [-0.15, -0.1) is 12.4 Å². The van der Waals surface area contributed by atoms with Crippen LogP contribution in [0.15, 0.2) is 12.7 Å². The number of rotatable bonds is 4. The van der Waals surface area contributed by atoms with Gasteiger partial charge in [-0.3, -0.25) is 0 Å². The predicted molar refractivity (Wildman–Crippen MR) is 57.1 cm³/mol. The lowest BCUT2D eigenvalue weighted by atomic mass is 10.6. The molecule has 0 spiro atoms. The van der Waals surface area contributed by atoms with Crippen molar-refractivity contribution in [2.24, 2.45) is 5.73 Å². The van der Waals surface area contributed by atoms with E-state index in [1.807, 2.05) is 19.0 Å². The van der Waals surface area contributed by atoms with Gasteiger partial charge in [0, 0.05) is 12.6 Å². The second kappa shape index (κ2) is 14.0. The van der Waals surface area contributed by atoms with Crippen molar-refractivity contribution in [2.75, 3.05) is 34.3 Å². The van der Waals surface area contributed by atoms with Crippen LogP contribution in [-0.4, -0.2) is 45.2 Å². The maximum Gasteiger partial charge on any atom is 0.330 e. The number of carbonyl (C=O) groups excluding carboxylic acids is 1. The van der Waals surface area contributed by atoms with Crippen LogP contribution in [0.5, 0.6) is 0 Å². The van der Waals surface area contributed by atoms with Gasteiger partial charge in [-0.25, -0.2) is 4.79 Å². The van der Waals surface area contributed by atoms with Crippen molar-refractivity contribution in [2.45, 2.75) is 0 Å². The van der Waals surface area contributed by atoms with Crippen LogP contribution in [-0.2, 0) is 9.53 Å². The first-order valence-electron chi connectivity index (χ1n) is 3.68. The molecule has 0 amide bonds. The minimum absolute atomic E-state index is 0. The van der Waals surface area contributed by atoms with Crippen molar-refractivity contribution in [1.29, 1.82) is 0 Å². The number of likely N-dealkylation sites (N-methyl/N-ethyl adjacent to an activating group) is 1. The summed E-state index contributed by atoms with van der Waals surface area (Å²) in [6.07, 6.45) is 1.16. The third-order valence-electron chi connectivity index (χ3n) is 0.949. The first-order chi connectivity index (χ1) is 5.66. The van der Waals surface area contributed by atoms with Crippen molar-refractivity contribution in [1.82, 2.24) is 4.90 Å². The molecular weight excluding hydrogens is 192 g/mol. The molecule has 0 aliphatic carbocycles. The molecule has 0 rings (SSSR count). The molecule has 0 aromatic heterocycles. The number of hydrogen-bond acceptors (Lipinski definition) is 4. The summed E-state index contributed by atoms with van der Waals surface area (Å²) in [6.45, 7) is 4.45. The SMILES string of the molecule is C=CC(=O)OCCN(C)C.CN.Cl. The summed E-state index contributed by atoms with van der Waals surface area (Å²) in [5, 5.41) is 0. The highest BCUT2D eigenvalue weighted by Crippen LogP contribution is 1.80. The fourth-order valence-corrected chi connectivity index (χ4v) is 0.388. The monoisotopic (exact) mass is 210 g/mol. The average Bonchev–Trinajstić information content (AvgIpc) is 2.07. The maximum absolute atomic E-state index is 10.4. The smallest absolute Gasteiger partial charge is 0.330 e. The third kappa shape index (κ3) is 18.4. The van der Waals surface area contributed by atoms with Gasteiger partial charge >= 0.3 is 5.97 Å². The highest BCUT2D eigenvalue weighted by molar-refractivity contribution is 5.85. The van der Waals surface area contributed by atoms with Crippen molar-refractivity contribution < 1.29 is 9.53 Å². The molecule has 13 heavy (non-hydrogen) atoms. The number of halogens is 1. The van der Waals surface area contributed by atoms with Crippen LogP contribution < -0.4 is 5.73 Å². The minimum Gasteiger partial charge on any atom is -0.461 e. The fraction of sp³-hybridized carbons (Fsp3) is 0.625. The summed E-state index contributed by atoms with van der Waals surface area (Å²) in [5.74, 6) is -0.359. The minimum atomic E-state index is -0.359. The van der Waals surface area contributed by atoms with Gasteiger partial charge in [-0.1, -0.05) is 6.58 Å². The van der Waals surface area contributed by atoms with Crippen LogP contribution in [0.25, 0.3) is 0 Å². The van der Waals surface area contributed by atoms with E-state index in [9.17, 15) is 4.79 Å². The lowest BCUT2D eigenvalue weighted by Gasteiger charge is -2.07. The van der Waals surface area contributed by atoms with Gasteiger partial charge in [0.15, 0.2) is 0 Å². The first-order valence-corrected chi connectivity index (χ1v) is 3.68. The van der Waals surface area contributed by atoms with Gasteiger partial charge in [0.2, 0.25) is 0 Å². The van der Waals surface area contributed by atoms with E-state index in [-0.39, 0.29) is 18.4 Å². The molecule has 5 heteroatoms. The van der Waals surface area contributed by atoms with Gasteiger partial charge in [-0.2, -0.15) is 0 Å². The highest BCUT2D eigenvalue weighted by Gasteiger charge is 1.94. The highest BCUT2D eigenvalue weighted by atomic mass is 35.5. The van der Waals surface area contributed by atoms with Gasteiger partial charge in [0.25, 0.3) is 0 Å². The molecule has 0 atom stereocenters. The summed E-state index contributed by atoms with van der Waals surface area (Å²) in [6, 6.07) is 0. The Morgan fingerprint density at radius 2 is 2.00 bits per heavy atom. The first kappa shape index (κ1) is 18.3. The zero-order valence-electron chi connectivity index (χ0n) is 8.45. The number of esters is 1. The van der Waals surface area contributed by atoms with Gasteiger partial charge < -0.3 is 15.4 Å². The molecule has 0 unspecified atom stereocenters. The Hall–Kier alpha value is -0.580. The molecule has 0 aliphatic heterocycles. The van der Waals surface area contributed by atoms with E-state index in [0.29, 0.717) is 6.61 Å². The summed E-state index contributed by atoms with van der Waals surface area (Å²) in [4.78, 5) is 12.4. The Labute approximate surface area is 86.1 Å². The zero-order chi connectivity index (χ0) is 9.98. The molecule has 0 aromatic carbocycles. The van der Waals surface area contributed by atoms with Gasteiger partial charge in [0.1, 0.15) is 6.61 Å². The Morgan fingerprint density at radius 3 is 2.31 bits per heavy atom. The molecule has 0 fully saturated rings. The van der Waals surface area contributed by atoms with Crippen molar-refractivity contribution in [3.8, 4) is 0 Å². The van der Waals surface area contributed by atoms with Crippen LogP contribution >= 0.6 is 12.4 Å². The van der Waals surface area contributed by atoms with E-state index < -0.39 is 0 Å². The second-order valence-corrected chi connectivity index (χ2v) is 2.17. The van der Waals surface area contributed by atoms with Crippen LogP contribution in [0.2, 0.25) is 0 Å². The molecule has 0 aliphatic rings. The summed E-state index contributed by atoms with van der Waals surface area (Å²) < 4.78 is 4.70. The predicted octanol–water partition coefficient (Wildman–Crippen LogP) is 0.274. The van der Waals surface area contributed by atoms with Crippen molar-refractivity contribution in [3.05, 3.63) is 12.7 Å². The normalized spacial score (nSPS) is 7.77. The zero-order valence-corrected chi connectivity index (χ0v) is 9.26. The van der Waals surface area contributed by atoms with E-state index in [1.165, 1.54) is 7.05 Å². The molecule has 80 valence electrons. The van der Waals surface area contributed by atoms with Gasteiger partial charge in [0.05, 0.1) is 0 Å². The molecule has 2 N–H and O–H groups in total. The quantitative estimate of drug-likeness (QED) is 0.535. The summed E-state index contributed by atoms with van der Waals surface area (Å²) >= 11 is 0. The number of ether oxygens (including phenoxy) is 1. The van der Waals surface area contributed by atoms with Crippen LogP contribution in [0.1, 0.15) is 0 Å². The lowest BCUT2D eigenvalue weighted by Crippen LogP contribution is -2.19. The number of nitrogens with two attached hydrogens (primary N) is 1. The Kier molecular flexibility index (Phi) is 19.6. The average molecular weight is 211 g/mol. The van der Waals surface area contributed by atoms with E-state index in [1.54, 1.807) is 0 Å². The van der Waals surface area contributed by atoms with E-state index >= 15 is 0 Å². The third-order valence-corrected chi connectivity index (χ3v) is 0.949. The van der Waals surface area contributed by atoms with Gasteiger partial charge in [-0.05, 0) is 21.1 Å². The van der Waals surface area contributed by atoms with Crippen molar-refractivity contribution >= 4 is 18.4 Å². The standard InChI is InChI=1S/C7H13NO2.CH5N.ClH/c1-4-7(9)10-6-5-8(2)3;1-2;/h4H,1,5-6H2,2-3H3;2H2,1H3;1H. The van der Waals surface area contributed by atoms with E-state index in [2.05, 4.69) is 12.3 Å². The molecule has 0 saturated heterocycles. The number of carbonyl (C=O) groups is 1. The van der Waals surface area contributed by atoms with Crippen LogP contribution in [0, 0.1) is 0 Å². The van der Waals surface area contributed by atoms with Crippen LogP contribution in [0.3, 0.4) is 0 Å². The second-order valence-electron chi connectivity index (χ2n) is 2.17. The fourth-order valence-electron chi connectivity index (χ4n) is 0.388. The summed E-state index contributed by atoms with van der Waals surface area (Å²) in [5.41, 5.74) is 4.50. The molecule has 0 heterocycles. The Bertz CT molecular complexity index is 129. The largest absolute Gasteiger partial charge is 0.461 e.